The summed E-state index contributed by atoms with van der Waals surface area (Å²) in [5.41, 5.74) is 7.33. The highest BCUT2D eigenvalue weighted by Crippen LogP contribution is 2.18. The van der Waals surface area contributed by atoms with Gasteiger partial charge in [-0.25, -0.2) is 4.39 Å². The minimum atomic E-state index is -0.440. The predicted molar refractivity (Wildman–Crippen MR) is 80.4 cm³/mol. The van der Waals surface area contributed by atoms with Gasteiger partial charge in [-0.2, -0.15) is 0 Å². The molecule has 0 aliphatic rings. The molecule has 0 aromatic heterocycles. The van der Waals surface area contributed by atoms with Crippen LogP contribution >= 0.6 is 0 Å². The predicted octanol–water partition coefficient (Wildman–Crippen LogP) is 2.61. The van der Waals surface area contributed by atoms with E-state index in [0.29, 0.717) is 12.3 Å². The molecule has 0 aliphatic carbocycles. The van der Waals surface area contributed by atoms with Crippen molar-refractivity contribution in [1.29, 1.82) is 0 Å². The van der Waals surface area contributed by atoms with Gasteiger partial charge in [0.05, 0.1) is 18.0 Å². The zero-order valence-electron chi connectivity index (χ0n) is 11.5. The van der Waals surface area contributed by atoms with Crippen LogP contribution in [0.3, 0.4) is 0 Å². The SMILES string of the molecule is Nc1cc(F)ccc1NC(=O)COCCc1ccccc1. The molecule has 3 N–H and O–H groups in total. The van der Waals surface area contributed by atoms with Crippen LogP contribution in [0.4, 0.5) is 15.8 Å². The number of carbonyl (C=O) groups excluding carboxylic acids is 1. The normalized spacial score (nSPS) is 10.3. The highest BCUT2D eigenvalue weighted by atomic mass is 19.1. The van der Waals surface area contributed by atoms with Crippen LogP contribution in [0.5, 0.6) is 0 Å². The van der Waals surface area contributed by atoms with Gasteiger partial charge in [-0.15, -0.1) is 0 Å². The molecule has 0 atom stereocenters. The highest BCUT2D eigenvalue weighted by Gasteiger charge is 2.06. The van der Waals surface area contributed by atoms with Gasteiger partial charge in [-0.05, 0) is 30.2 Å². The number of benzene rings is 2. The molecule has 0 aliphatic heterocycles. The lowest BCUT2D eigenvalue weighted by Gasteiger charge is -2.08. The maximum Gasteiger partial charge on any atom is 0.250 e. The number of rotatable bonds is 6. The highest BCUT2D eigenvalue weighted by molar-refractivity contribution is 5.94. The van der Waals surface area contributed by atoms with Crippen LogP contribution in [-0.4, -0.2) is 19.1 Å². The Bertz CT molecular complexity index is 602. The first kappa shape index (κ1) is 15.0. The minimum Gasteiger partial charge on any atom is -0.397 e. The monoisotopic (exact) mass is 288 g/mol. The van der Waals surface area contributed by atoms with Crippen molar-refractivity contribution in [2.45, 2.75) is 6.42 Å². The molecular weight excluding hydrogens is 271 g/mol. The zero-order chi connectivity index (χ0) is 15.1. The lowest BCUT2D eigenvalue weighted by Crippen LogP contribution is -2.19. The number of carbonyl (C=O) groups is 1. The Hall–Kier alpha value is -2.40. The molecule has 0 fully saturated rings. The first-order valence-electron chi connectivity index (χ1n) is 6.61. The third-order valence-corrected chi connectivity index (χ3v) is 2.90. The standard InChI is InChI=1S/C16H17FN2O2/c17-13-6-7-15(14(18)10-13)19-16(20)11-21-9-8-12-4-2-1-3-5-12/h1-7,10H,8-9,11,18H2,(H,19,20). The lowest BCUT2D eigenvalue weighted by molar-refractivity contribution is -0.120. The molecule has 2 aromatic rings. The Kier molecular flexibility index (Phi) is 5.29. The van der Waals surface area contributed by atoms with Crippen molar-refractivity contribution in [3.05, 3.63) is 59.9 Å². The molecule has 1 amide bonds. The van der Waals surface area contributed by atoms with E-state index in [1.54, 1.807) is 0 Å². The molecule has 0 radical (unpaired) electrons. The molecule has 21 heavy (non-hydrogen) atoms. The summed E-state index contributed by atoms with van der Waals surface area (Å²) in [6.07, 6.45) is 0.743. The van der Waals surface area contributed by atoms with Gasteiger partial charge in [0.2, 0.25) is 5.91 Å². The minimum absolute atomic E-state index is 0.0658. The van der Waals surface area contributed by atoms with Crippen molar-refractivity contribution >= 4 is 17.3 Å². The number of nitrogen functional groups attached to an aromatic ring is 1. The maximum atomic E-state index is 12.9. The second-order valence-electron chi connectivity index (χ2n) is 4.57. The molecule has 110 valence electrons. The number of nitrogens with two attached hydrogens (primary N) is 1. The lowest BCUT2D eigenvalue weighted by atomic mass is 10.2. The number of hydrogen-bond acceptors (Lipinski definition) is 3. The van der Waals surface area contributed by atoms with Crippen LogP contribution in [0.1, 0.15) is 5.56 Å². The van der Waals surface area contributed by atoms with Gasteiger partial charge in [-0.1, -0.05) is 30.3 Å². The number of hydrogen-bond donors (Lipinski definition) is 2. The van der Waals surface area contributed by atoms with Crippen molar-refractivity contribution in [2.24, 2.45) is 0 Å². The second kappa shape index (κ2) is 7.40. The van der Waals surface area contributed by atoms with Gasteiger partial charge in [0.15, 0.2) is 0 Å². The van der Waals surface area contributed by atoms with E-state index in [1.165, 1.54) is 12.1 Å². The summed E-state index contributed by atoms with van der Waals surface area (Å²) in [7, 11) is 0. The summed E-state index contributed by atoms with van der Waals surface area (Å²) in [5.74, 6) is -0.758. The summed E-state index contributed by atoms with van der Waals surface area (Å²) in [4.78, 5) is 11.7. The molecule has 0 heterocycles. The smallest absolute Gasteiger partial charge is 0.250 e. The Morgan fingerprint density at radius 3 is 2.67 bits per heavy atom. The van der Waals surface area contributed by atoms with E-state index >= 15 is 0 Å². The summed E-state index contributed by atoms with van der Waals surface area (Å²) < 4.78 is 18.2. The van der Waals surface area contributed by atoms with E-state index in [1.807, 2.05) is 30.3 Å². The Labute approximate surface area is 122 Å². The molecule has 0 saturated carbocycles. The van der Waals surface area contributed by atoms with Crippen LogP contribution in [0.2, 0.25) is 0 Å². The van der Waals surface area contributed by atoms with Crippen LogP contribution in [0.25, 0.3) is 0 Å². The molecule has 4 nitrogen and oxygen atoms in total. The quantitative estimate of drug-likeness (QED) is 0.634. The average molecular weight is 288 g/mol. The second-order valence-corrected chi connectivity index (χ2v) is 4.57. The summed E-state index contributed by atoms with van der Waals surface area (Å²) in [6.45, 7) is 0.389. The number of anilines is 2. The molecule has 0 saturated heterocycles. The number of halogens is 1. The van der Waals surface area contributed by atoms with Gasteiger partial charge in [0.25, 0.3) is 0 Å². The van der Waals surface area contributed by atoms with Gasteiger partial charge in [0, 0.05) is 0 Å². The fourth-order valence-corrected chi connectivity index (χ4v) is 1.83. The zero-order valence-corrected chi connectivity index (χ0v) is 11.5. The van der Waals surface area contributed by atoms with Gasteiger partial charge in [-0.3, -0.25) is 4.79 Å². The Morgan fingerprint density at radius 2 is 1.95 bits per heavy atom. The first-order valence-corrected chi connectivity index (χ1v) is 6.61. The Balaban J connectivity index is 1.72. The Morgan fingerprint density at radius 1 is 1.19 bits per heavy atom. The van der Waals surface area contributed by atoms with Crippen molar-refractivity contribution in [2.75, 3.05) is 24.3 Å². The topological polar surface area (TPSA) is 64.3 Å². The number of nitrogens with one attached hydrogen (secondary N) is 1. The molecule has 2 rings (SSSR count). The van der Waals surface area contributed by atoms with E-state index in [9.17, 15) is 9.18 Å². The van der Waals surface area contributed by atoms with Gasteiger partial charge in [0.1, 0.15) is 12.4 Å². The van der Waals surface area contributed by atoms with Crippen molar-refractivity contribution < 1.29 is 13.9 Å². The van der Waals surface area contributed by atoms with E-state index < -0.39 is 5.82 Å². The van der Waals surface area contributed by atoms with Crippen molar-refractivity contribution in [1.82, 2.24) is 0 Å². The third-order valence-electron chi connectivity index (χ3n) is 2.90. The third kappa shape index (κ3) is 4.89. The molecule has 0 spiro atoms. The number of ether oxygens (including phenoxy) is 1. The molecule has 2 aromatic carbocycles. The molecule has 0 bridgehead atoms. The first-order chi connectivity index (χ1) is 10.1. The van der Waals surface area contributed by atoms with Crippen molar-refractivity contribution in [3.8, 4) is 0 Å². The maximum absolute atomic E-state index is 12.9. The van der Waals surface area contributed by atoms with Gasteiger partial charge >= 0.3 is 0 Å². The van der Waals surface area contributed by atoms with Crippen molar-refractivity contribution in [3.63, 3.8) is 0 Å². The largest absolute Gasteiger partial charge is 0.397 e. The van der Waals surface area contributed by atoms with E-state index in [2.05, 4.69) is 5.32 Å². The van der Waals surface area contributed by atoms with Crippen LogP contribution in [0, 0.1) is 5.82 Å². The molecule has 5 heteroatoms. The van der Waals surface area contributed by atoms with E-state index in [-0.39, 0.29) is 18.2 Å². The fraction of sp³-hybridized carbons (Fsp3) is 0.188. The van der Waals surface area contributed by atoms with Crippen LogP contribution < -0.4 is 11.1 Å². The molecule has 0 unspecified atom stereocenters. The fourth-order valence-electron chi connectivity index (χ4n) is 1.83. The van der Waals surface area contributed by atoms with Gasteiger partial charge < -0.3 is 15.8 Å². The van der Waals surface area contributed by atoms with E-state index in [0.717, 1.165) is 18.1 Å². The average Bonchev–Trinajstić information content (AvgIpc) is 2.48. The van der Waals surface area contributed by atoms with Crippen LogP contribution in [0.15, 0.2) is 48.5 Å². The summed E-state index contributed by atoms with van der Waals surface area (Å²) >= 11 is 0. The van der Waals surface area contributed by atoms with Crippen LogP contribution in [-0.2, 0) is 16.0 Å². The molecular formula is C16H17FN2O2. The van der Waals surface area contributed by atoms with E-state index in [4.69, 9.17) is 10.5 Å². The summed E-state index contributed by atoms with van der Waals surface area (Å²) in [6, 6.07) is 13.7. The number of amides is 1. The summed E-state index contributed by atoms with van der Waals surface area (Å²) in [5, 5.41) is 2.58.